The molecule has 2 aromatic carbocycles. The minimum absolute atomic E-state index is 0.0543. The van der Waals surface area contributed by atoms with Gasteiger partial charge < -0.3 is 5.32 Å². The molecule has 0 saturated heterocycles. The number of fused-ring (bicyclic) bond motifs is 1. The average Bonchev–Trinajstić information content (AvgIpc) is 2.61. The molecule has 0 radical (unpaired) electrons. The van der Waals surface area contributed by atoms with Crippen LogP contribution in [0, 0.1) is 0 Å². The molecule has 0 aliphatic heterocycles. The summed E-state index contributed by atoms with van der Waals surface area (Å²) in [5, 5.41) is 3.93. The summed E-state index contributed by atoms with van der Waals surface area (Å²) < 4.78 is 1.02. The molecule has 3 aromatic rings. The number of pyridine rings is 1. The Morgan fingerprint density at radius 3 is 2.58 bits per heavy atom. The zero-order valence-electron chi connectivity index (χ0n) is 13.7. The number of para-hydroxylation sites is 1. The summed E-state index contributed by atoms with van der Waals surface area (Å²) in [7, 11) is 0. The molecule has 0 aliphatic rings. The Morgan fingerprint density at radius 1 is 1.17 bits per heavy atom. The Morgan fingerprint density at radius 2 is 1.88 bits per heavy atom. The lowest BCUT2D eigenvalue weighted by molar-refractivity contribution is 0.0941. The van der Waals surface area contributed by atoms with Crippen LogP contribution < -0.4 is 5.32 Å². The number of nitrogens with one attached hydrogen (secondary N) is 1. The second-order valence-electron chi connectivity index (χ2n) is 5.86. The number of hydrogen-bond donors (Lipinski definition) is 1. The van der Waals surface area contributed by atoms with Gasteiger partial charge in [0.25, 0.3) is 5.91 Å². The fourth-order valence-corrected chi connectivity index (χ4v) is 2.80. The maximum Gasteiger partial charge on any atom is 0.252 e. The summed E-state index contributed by atoms with van der Waals surface area (Å²) in [5.74, 6) is -0.0543. The maximum absolute atomic E-state index is 12.7. The molecule has 3 rings (SSSR count). The normalized spacial score (nSPS) is 12.1. The van der Waals surface area contributed by atoms with Gasteiger partial charge in [0.15, 0.2) is 0 Å². The summed E-state index contributed by atoms with van der Waals surface area (Å²) in [6.07, 6.45) is 0.897. The standard InChI is InChI=1S/C20H19BrN2O/c1-3-13(2)22-20(24)17-12-19(14-8-10-15(21)11-9-14)23-18-7-5-4-6-16(17)18/h4-13H,3H2,1-2H3,(H,22,24)/t13-/m0/s1. The highest BCUT2D eigenvalue weighted by atomic mass is 79.9. The fraction of sp³-hybridized carbons (Fsp3) is 0.200. The largest absolute Gasteiger partial charge is 0.350 e. The molecule has 0 fully saturated rings. The van der Waals surface area contributed by atoms with Crippen molar-refractivity contribution in [1.29, 1.82) is 0 Å². The van der Waals surface area contributed by atoms with Gasteiger partial charge in [-0.15, -0.1) is 0 Å². The number of aromatic nitrogens is 1. The van der Waals surface area contributed by atoms with Gasteiger partial charge in [0, 0.05) is 21.5 Å². The van der Waals surface area contributed by atoms with Crippen molar-refractivity contribution in [1.82, 2.24) is 10.3 Å². The molecule has 1 heterocycles. The van der Waals surface area contributed by atoms with Crippen LogP contribution >= 0.6 is 15.9 Å². The number of carbonyl (C=O) groups excluding carboxylic acids is 1. The second-order valence-corrected chi connectivity index (χ2v) is 6.78. The Kier molecular flexibility index (Phi) is 4.95. The van der Waals surface area contributed by atoms with E-state index in [1.807, 2.05) is 61.5 Å². The summed E-state index contributed by atoms with van der Waals surface area (Å²) in [5.41, 5.74) is 3.28. The molecule has 1 N–H and O–H groups in total. The van der Waals surface area contributed by atoms with Crippen LogP contribution in [0.15, 0.2) is 59.1 Å². The lowest BCUT2D eigenvalue weighted by Gasteiger charge is -2.14. The summed E-state index contributed by atoms with van der Waals surface area (Å²) in [4.78, 5) is 17.4. The number of benzene rings is 2. The van der Waals surface area contributed by atoms with Crippen molar-refractivity contribution >= 4 is 32.7 Å². The van der Waals surface area contributed by atoms with Crippen molar-refractivity contribution in [3.8, 4) is 11.3 Å². The summed E-state index contributed by atoms with van der Waals surface area (Å²) in [6.45, 7) is 4.07. The van der Waals surface area contributed by atoms with Crippen LogP contribution in [0.1, 0.15) is 30.6 Å². The number of halogens is 1. The highest BCUT2D eigenvalue weighted by Crippen LogP contribution is 2.26. The molecule has 122 valence electrons. The third kappa shape index (κ3) is 3.49. The van der Waals surface area contributed by atoms with Gasteiger partial charge in [-0.3, -0.25) is 4.79 Å². The first-order valence-electron chi connectivity index (χ1n) is 8.05. The summed E-state index contributed by atoms with van der Waals surface area (Å²) in [6, 6.07) is 17.7. The molecule has 1 atom stereocenters. The molecule has 0 unspecified atom stereocenters. The van der Waals surface area contributed by atoms with Crippen molar-refractivity contribution in [2.24, 2.45) is 0 Å². The minimum Gasteiger partial charge on any atom is -0.350 e. The van der Waals surface area contributed by atoms with E-state index in [0.29, 0.717) is 5.56 Å². The van der Waals surface area contributed by atoms with Crippen molar-refractivity contribution in [3.05, 3.63) is 64.6 Å². The number of hydrogen-bond acceptors (Lipinski definition) is 2. The molecular formula is C20H19BrN2O. The second kappa shape index (κ2) is 7.14. The van der Waals surface area contributed by atoms with E-state index in [4.69, 9.17) is 4.98 Å². The first-order valence-corrected chi connectivity index (χ1v) is 8.84. The number of rotatable bonds is 4. The van der Waals surface area contributed by atoms with Gasteiger partial charge in [0.1, 0.15) is 0 Å². The van der Waals surface area contributed by atoms with Crippen molar-refractivity contribution < 1.29 is 4.79 Å². The zero-order chi connectivity index (χ0) is 17.1. The first kappa shape index (κ1) is 16.7. The monoisotopic (exact) mass is 382 g/mol. The van der Waals surface area contributed by atoms with Crippen LogP contribution in [0.5, 0.6) is 0 Å². The Bertz CT molecular complexity index is 874. The molecule has 0 bridgehead atoms. The van der Waals surface area contributed by atoms with Gasteiger partial charge in [-0.1, -0.05) is 53.2 Å². The quantitative estimate of drug-likeness (QED) is 0.674. The number of carbonyl (C=O) groups is 1. The van der Waals surface area contributed by atoms with E-state index >= 15 is 0 Å². The van der Waals surface area contributed by atoms with E-state index in [9.17, 15) is 4.79 Å². The molecule has 1 aromatic heterocycles. The van der Waals surface area contributed by atoms with Crippen LogP contribution in [0.2, 0.25) is 0 Å². The van der Waals surface area contributed by atoms with Gasteiger partial charge in [0.2, 0.25) is 0 Å². The highest BCUT2D eigenvalue weighted by molar-refractivity contribution is 9.10. The predicted molar refractivity (Wildman–Crippen MR) is 102 cm³/mol. The van der Waals surface area contributed by atoms with Crippen LogP contribution in [0.3, 0.4) is 0 Å². The van der Waals surface area contributed by atoms with E-state index in [0.717, 1.165) is 33.1 Å². The highest BCUT2D eigenvalue weighted by Gasteiger charge is 2.15. The van der Waals surface area contributed by atoms with Gasteiger partial charge in [-0.2, -0.15) is 0 Å². The smallest absolute Gasteiger partial charge is 0.252 e. The van der Waals surface area contributed by atoms with Crippen molar-refractivity contribution in [3.63, 3.8) is 0 Å². The van der Waals surface area contributed by atoms with Gasteiger partial charge >= 0.3 is 0 Å². The Labute approximate surface area is 150 Å². The molecule has 1 amide bonds. The van der Waals surface area contributed by atoms with Gasteiger partial charge in [-0.05, 0) is 37.6 Å². The zero-order valence-corrected chi connectivity index (χ0v) is 15.3. The van der Waals surface area contributed by atoms with Crippen LogP contribution in [0.4, 0.5) is 0 Å². The molecule has 3 nitrogen and oxygen atoms in total. The van der Waals surface area contributed by atoms with Crippen LogP contribution in [-0.2, 0) is 0 Å². The summed E-state index contributed by atoms with van der Waals surface area (Å²) >= 11 is 3.45. The topological polar surface area (TPSA) is 42.0 Å². The molecule has 4 heteroatoms. The van der Waals surface area contributed by atoms with Crippen LogP contribution in [-0.4, -0.2) is 16.9 Å². The molecule has 0 aliphatic carbocycles. The fourth-order valence-electron chi connectivity index (χ4n) is 2.54. The third-order valence-electron chi connectivity index (χ3n) is 4.09. The average molecular weight is 383 g/mol. The first-order chi connectivity index (χ1) is 11.6. The number of nitrogens with zero attached hydrogens (tertiary/aromatic N) is 1. The van der Waals surface area contributed by atoms with E-state index in [1.54, 1.807) is 0 Å². The van der Waals surface area contributed by atoms with Gasteiger partial charge in [0.05, 0.1) is 16.8 Å². The van der Waals surface area contributed by atoms with Crippen LogP contribution in [0.25, 0.3) is 22.2 Å². The van der Waals surface area contributed by atoms with E-state index < -0.39 is 0 Å². The lowest BCUT2D eigenvalue weighted by atomic mass is 10.0. The van der Waals surface area contributed by atoms with Crippen molar-refractivity contribution in [2.45, 2.75) is 26.3 Å². The Hall–Kier alpha value is -2.20. The minimum atomic E-state index is -0.0543. The predicted octanol–water partition coefficient (Wildman–Crippen LogP) is 5.19. The van der Waals surface area contributed by atoms with Crippen molar-refractivity contribution in [2.75, 3.05) is 0 Å². The molecular weight excluding hydrogens is 364 g/mol. The third-order valence-corrected chi connectivity index (χ3v) is 4.62. The maximum atomic E-state index is 12.7. The van der Waals surface area contributed by atoms with E-state index in [1.165, 1.54) is 0 Å². The number of amides is 1. The molecule has 24 heavy (non-hydrogen) atoms. The van der Waals surface area contributed by atoms with Gasteiger partial charge in [-0.25, -0.2) is 4.98 Å². The van der Waals surface area contributed by atoms with E-state index in [-0.39, 0.29) is 11.9 Å². The SMILES string of the molecule is CC[C@H](C)NC(=O)c1cc(-c2ccc(Br)cc2)nc2ccccc12. The Balaban J connectivity index is 2.12. The molecule has 0 saturated carbocycles. The molecule has 0 spiro atoms. The lowest BCUT2D eigenvalue weighted by Crippen LogP contribution is -2.32. The van der Waals surface area contributed by atoms with E-state index in [2.05, 4.69) is 28.2 Å².